The Morgan fingerprint density at radius 3 is 2.71 bits per heavy atom. The van der Waals surface area contributed by atoms with Gasteiger partial charge in [0.15, 0.2) is 0 Å². The molecule has 0 amide bonds. The molecule has 0 saturated heterocycles. The first kappa shape index (κ1) is 12.1. The van der Waals surface area contributed by atoms with Crippen LogP contribution in [-0.2, 0) is 0 Å². The Morgan fingerprint density at radius 1 is 1.10 bits per heavy atom. The Balaban J connectivity index is 2.19. The molecule has 0 radical (unpaired) electrons. The van der Waals surface area contributed by atoms with Gasteiger partial charge in [0.25, 0.3) is 5.78 Å². The smallest absolute Gasteiger partial charge is 0.252 e. The average molecular weight is 298 g/mol. The Hall–Kier alpha value is -2.66. The van der Waals surface area contributed by atoms with E-state index in [1.165, 1.54) is 0 Å². The predicted octanol–water partition coefficient (Wildman–Crippen LogP) is 2.62. The molecular weight excluding hydrogens is 290 g/mol. The molecule has 0 fully saturated rings. The van der Waals surface area contributed by atoms with Crippen molar-refractivity contribution in [1.82, 2.24) is 9.38 Å². The summed E-state index contributed by atoms with van der Waals surface area (Å²) in [7, 11) is 0. The molecule has 5 nitrogen and oxygen atoms in total. The monoisotopic (exact) mass is 297 g/mol. The second-order valence-electron chi connectivity index (χ2n) is 4.81. The van der Waals surface area contributed by atoms with Crippen molar-refractivity contribution in [3.05, 3.63) is 52.8 Å². The van der Waals surface area contributed by atoms with Crippen LogP contribution in [0, 0.1) is 0 Å². The summed E-state index contributed by atoms with van der Waals surface area (Å²) >= 11 is 5.96. The molecule has 21 heavy (non-hydrogen) atoms. The van der Waals surface area contributed by atoms with Crippen LogP contribution in [0.2, 0.25) is 5.02 Å². The SMILES string of the molecule is Nc1cccc2c1C(=O)C(=O)c1c-2nc2ccc(Cl)cn12. The highest BCUT2D eigenvalue weighted by atomic mass is 35.5. The number of imidazole rings is 1. The van der Waals surface area contributed by atoms with Gasteiger partial charge in [-0.15, -0.1) is 0 Å². The fourth-order valence-electron chi connectivity index (χ4n) is 2.67. The van der Waals surface area contributed by atoms with E-state index in [2.05, 4.69) is 4.98 Å². The van der Waals surface area contributed by atoms with Gasteiger partial charge in [-0.05, 0) is 18.2 Å². The molecule has 0 saturated carbocycles. The van der Waals surface area contributed by atoms with Crippen LogP contribution >= 0.6 is 11.6 Å². The maximum atomic E-state index is 12.4. The van der Waals surface area contributed by atoms with Gasteiger partial charge in [-0.3, -0.25) is 14.0 Å². The second kappa shape index (κ2) is 3.93. The first-order valence-corrected chi connectivity index (χ1v) is 6.61. The van der Waals surface area contributed by atoms with Crippen molar-refractivity contribution >= 4 is 34.5 Å². The van der Waals surface area contributed by atoms with E-state index in [-0.39, 0.29) is 16.9 Å². The number of nitrogens with two attached hydrogens (primary N) is 1. The van der Waals surface area contributed by atoms with Crippen LogP contribution in [-0.4, -0.2) is 21.0 Å². The van der Waals surface area contributed by atoms with Crippen molar-refractivity contribution in [2.24, 2.45) is 0 Å². The number of carbonyl (C=O) groups is 2. The minimum atomic E-state index is -0.620. The van der Waals surface area contributed by atoms with Crippen LogP contribution in [0.15, 0.2) is 36.5 Å². The first-order chi connectivity index (χ1) is 10.1. The lowest BCUT2D eigenvalue weighted by Crippen LogP contribution is -2.23. The quantitative estimate of drug-likeness (QED) is 0.511. The number of anilines is 1. The van der Waals surface area contributed by atoms with Gasteiger partial charge in [-0.1, -0.05) is 23.7 Å². The first-order valence-electron chi connectivity index (χ1n) is 6.23. The number of halogens is 1. The summed E-state index contributed by atoms with van der Waals surface area (Å²) in [6, 6.07) is 8.45. The Morgan fingerprint density at radius 2 is 1.90 bits per heavy atom. The molecule has 4 rings (SSSR count). The van der Waals surface area contributed by atoms with Crippen molar-refractivity contribution < 1.29 is 9.59 Å². The standard InChI is InChI=1S/C15H8ClN3O2/c16-7-4-5-10-18-12-8-2-1-3-9(17)11(8)14(20)15(21)13(12)19(10)6-7/h1-6H,17H2. The zero-order chi connectivity index (χ0) is 14.7. The van der Waals surface area contributed by atoms with E-state index < -0.39 is 11.6 Å². The molecule has 1 aromatic carbocycles. The molecule has 0 aliphatic heterocycles. The lowest BCUT2D eigenvalue weighted by molar-refractivity contribution is 0.0812. The summed E-state index contributed by atoms with van der Waals surface area (Å²) in [5.74, 6) is -1.23. The van der Waals surface area contributed by atoms with E-state index in [9.17, 15) is 9.59 Å². The fraction of sp³-hybridized carbons (Fsp3) is 0. The molecule has 6 heteroatoms. The largest absolute Gasteiger partial charge is 0.398 e. The molecule has 2 heterocycles. The molecule has 2 N–H and O–H groups in total. The summed E-state index contributed by atoms with van der Waals surface area (Å²) in [6.45, 7) is 0. The number of Topliss-reactive ketones (excluding diaryl/α,β-unsaturated/α-hetero) is 2. The van der Waals surface area contributed by atoms with Gasteiger partial charge in [0.1, 0.15) is 17.0 Å². The molecule has 1 aliphatic rings. The molecule has 0 spiro atoms. The average Bonchev–Trinajstić information content (AvgIpc) is 2.83. The summed E-state index contributed by atoms with van der Waals surface area (Å²) in [5, 5.41) is 0.460. The van der Waals surface area contributed by atoms with E-state index in [0.717, 1.165) is 0 Å². The Bertz CT molecular complexity index is 959. The van der Waals surface area contributed by atoms with E-state index in [0.29, 0.717) is 21.9 Å². The highest BCUT2D eigenvalue weighted by molar-refractivity contribution is 6.53. The second-order valence-corrected chi connectivity index (χ2v) is 5.25. The lowest BCUT2D eigenvalue weighted by Gasteiger charge is -2.15. The highest BCUT2D eigenvalue weighted by Crippen LogP contribution is 2.36. The van der Waals surface area contributed by atoms with Crippen LogP contribution in [0.3, 0.4) is 0 Å². The number of fused-ring (bicyclic) bond motifs is 5. The van der Waals surface area contributed by atoms with Crippen LogP contribution in [0.5, 0.6) is 0 Å². The molecule has 0 atom stereocenters. The van der Waals surface area contributed by atoms with E-state index in [4.69, 9.17) is 17.3 Å². The maximum Gasteiger partial charge on any atom is 0.252 e. The van der Waals surface area contributed by atoms with E-state index in [1.807, 2.05) is 0 Å². The third-order valence-corrected chi connectivity index (χ3v) is 3.81. The number of ketones is 2. The van der Waals surface area contributed by atoms with Crippen LogP contribution in [0.25, 0.3) is 16.9 Å². The summed E-state index contributed by atoms with van der Waals surface area (Å²) < 4.78 is 1.55. The maximum absolute atomic E-state index is 12.4. The topological polar surface area (TPSA) is 77.5 Å². The van der Waals surface area contributed by atoms with Gasteiger partial charge in [0.05, 0.1) is 10.6 Å². The number of hydrogen-bond donors (Lipinski definition) is 1. The number of nitrogens with zero attached hydrogens (tertiary/aromatic N) is 2. The Kier molecular flexibility index (Phi) is 2.26. The molecule has 1 aliphatic carbocycles. The zero-order valence-corrected chi connectivity index (χ0v) is 11.4. The van der Waals surface area contributed by atoms with Crippen molar-refractivity contribution in [1.29, 1.82) is 0 Å². The van der Waals surface area contributed by atoms with Crippen LogP contribution < -0.4 is 5.73 Å². The molecule has 0 unspecified atom stereocenters. The number of hydrogen-bond acceptors (Lipinski definition) is 4. The number of rotatable bonds is 0. The lowest BCUT2D eigenvalue weighted by atomic mass is 9.89. The van der Waals surface area contributed by atoms with Crippen molar-refractivity contribution in [2.45, 2.75) is 0 Å². The van der Waals surface area contributed by atoms with Gasteiger partial charge in [-0.2, -0.15) is 0 Å². The van der Waals surface area contributed by atoms with Gasteiger partial charge < -0.3 is 5.73 Å². The third kappa shape index (κ3) is 1.49. The minimum Gasteiger partial charge on any atom is -0.398 e. The van der Waals surface area contributed by atoms with Gasteiger partial charge >= 0.3 is 0 Å². The predicted molar refractivity (Wildman–Crippen MR) is 78.7 cm³/mol. The van der Waals surface area contributed by atoms with Gasteiger partial charge in [0, 0.05) is 17.4 Å². The molecule has 2 aromatic heterocycles. The molecule has 102 valence electrons. The summed E-state index contributed by atoms with van der Waals surface area (Å²) in [6.07, 6.45) is 1.57. The molecular formula is C15H8ClN3O2. The van der Waals surface area contributed by atoms with Gasteiger partial charge in [-0.25, -0.2) is 4.98 Å². The fourth-order valence-corrected chi connectivity index (χ4v) is 2.83. The summed E-state index contributed by atoms with van der Waals surface area (Å²) in [5.41, 5.74) is 8.18. The summed E-state index contributed by atoms with van der Waals surface area (Å²) in [4.78, 5) is 29.2. The van der Waals surface area contributed by atoms with Crippen molar-refractivity contribution in [3.8, 4) is 11.3 Å². The number of carbonyl (C=O) groups excluding carboxylic acids is 2. The normalized spacial score (nSPS) is 13.4. The molecule has 3 aromatic rings. The highest BCUT2D eigenvalue weighted by Gasteiger charge is 2.35. The number of aromatic nitrogens is 2. The number of nitrogen functional groups attached to an aromatic ring is 1. The van der Waals surface area contributed by atoms with E-state index >= 15 is 0 Å². The van der Waals surface area contributed by atoms with Gasteiger partial charge in [0.2, 0.25) is 5.78 Å². The zero-order valence-electron chi connectivity index (χ0n) is 10.6. The van der Waals surface area contributed by atoms with Crippen LogP contribution in [0.4, 0.5) is 5.69 Å². The van der Waals surface area contributed by atoms with E-state index in [1.54, 1.807) is 40.9 Å². The minimum absolute atomic E-state index is 0.226. The number of pyridine rings is 1. The third-order valence-electron chi connectivity index (χ3n) is 3.58. The van der Waals surface area contributed by atoms with Crippen molar-refractivity contribution in [2.75, 3.05) is 5.73 Å². The molecule has 0 bridgehead atoms. The Labute approximate surface area is 124 Å². The van der Waals surface area contributed by atoms with Crippen molar-refractivity contribution in [3.63, 3.8) is 0 Å². The van der Waals surface area contributed by atoms with Crippen LogP contribution in [0.1, 0.15) is 20.8 Å². The number of benzene rings is 1.